The van der Waals surface area contributed by atoms with Crippen LogP contribution < -0.4 is 5.73 Å². The van der Waals surface area contributed by atoms with E-state index < -0.39 is 10.8 Å². The van der Waals surface area contributed by atoms with Gasteiger partial charge >= 0.3 is 0 Å². The van der Waals surface area contributed by atoms with Crippen LogP contribution in [-0.4, -0.2) is 28.9 Å². The SMILES string of the molecule is NCCCS(=O)CCCF. The predicted octanol–water partition coefficient (Wildman–Crippen LogP) is 0.443. The summed E-state index contributed by atoms with van der Waals surface area (Å²) in [6, 6.07) is 0. The largest absolute Gasteiger partial charge is 0.330 e. The van der Waals surface area contributed by atoms with Gasteiger partial charge in [-0.3, -0.25) is 8.60 Å². The molecule has 0 aromatic heterocycles. The molecule has 0 saturated heterocycles. The molecule has 0 aliphatic carbocycles. The molecule has 0 aliphatic rings. The van der Waals surface area contributed by atoms with Gasteiger partial charge in [0.2, 0.25) is 0 Å². The zero-order valence-electron chi connectivity index (χ0n) is 6.01. The quantitative estimate of drug-likeness (QED) is 0.624. The van der Waals surface area contributed by atoms with E-state index in [1.807, 2.05) is 0 Å². The van der Waals surface area contributed by atoms with Gasteiger partial charge < -0.3 is 5.73 Å². The molecule has 1 atom stereocenters. The maximum Gasteiger partial charge on any atom is 0.0903 e. The zero-order valence-corrected chi connectivity index (χ0v) is 6.83. The van der Waals surface area contributed by atoms with Crippen LogP contribution in [-0.2, 0) is 10.8 Å². The minimum absolute atomic E-state index is 0.367. The fourth-order valence-electron chi connectivity index (χ4n) is 0.562. The third-order valence-electron chi connectivity index (χ3n) is 1.08. The van der Waals surface area contributed by atoms with E-state index in [9.17, 15) is 8.60 Å². The number of hydrogen-bond acceptors (Lipinski definition) is 2. The van der Waals surface area contributed by atoms with Crippen molar-refractivity contribution in [2.24, 2.45) is 5.73 Å². The summed E-state index contributed by atoms with van der Waals surface area (Å²) in [6.07, 6.45) is 1.19. The number of halogens is 1. The minimum atomic E-state index is -0.840. The highest BCUT2D eigenvalue weighted by Gasteiger charge is 1.97. The first-order valence-electron chi connectivity index (χ1n) is 3.42. The Hall–Kier alpha value is 0.0400. The third kappa shape index (κ3) is 6.16. The Labute approximate surface area is 63.4 Å². The van der Waals surface area contributed by atoms with Crippen LogP contribution in [0.1, 0.15) is 12.8 Å². The van der Waals surface area contributed by atoms with Crippen molar-refractivity contribution in [3.05, 3.63) is 0 Å². The average Bonchev–Trinajstić information content (AvgIpc) is 1.97. The van der Waals surface area contributed by atoms with Crippen LogP contribution in [0, 0.1) is 0 Å². The molecule has 0 amide bonds. The van der Waals surface area contributed by atoms with Gasteiger partial charge in [0.25, 0.3) is 0 Å². The maximum atomic E-state index is 11.5. The summed E-state index contributed by atoms with van der Waals surface area (Å²) in [5.41, 5.74) is 5.20. The molecule has 0 aromatic carbocycles. The van der Waals surface area contributed by atoms with Gasteiger partial charge in [-0.15, -0.1) is 0 Å². The van der Waals surface area contributed by atoms with E-state index >= 15 is 0 Å². The highest BCUT2D eigenvalue weighted by Crippen LogP contribution is 1.90. The van der Waals surface area contributed by atoms with E-state index in [0.717, 1.165) is 6.42 Å². The van der Waals surface area contributed by atoms with Gasteiger partial charge in [0.1, 0.15) is 0 Å². The molecule has 0 bridgehead atoms. The van der Waals surface area contributed by atoms with Crippen LogP contribution in [0.5, 0.6) is 0 Å². The van der Waals surface area contributed by atoms with Gasteiger partial charge in [0, 0.05) is 22.3 Å². The molecule has 0 spiro atoms. The summed E-state index contributed by atoms with van der Waals surface area (Å²) in [6.45, 7) is 0.204. The van der Waals surface area contributed by atoms with Crippen molar-refractivity contribution in [1.82, 2.24) is 0 Å². The topological polar surface area (TPSA) is 43.1 Å². The lowest BCUT2D eigenvalue weighted by Crippen LogP contribution is -2.08. The summed E-state index contributed by atoms with van der Waals surface area (Å²) in [5.74, 6) is 1.10. The summed E-state index contributed by atoms with van der Waals surface area (Å²) >= 11 is 0. The predicted molar refractivity (Wildman–Crippen MR) is 42.1 cm³/mol. The molecule has 0 aliphatic heterocycles. The van der Waals surface area contributed by atoms with Crippen molar-refractivity contribution in [2.75, 3.05) is 24.7 Å². The molecule has 0 saturated carbocycles. The number of hydrogen-bond donors (Lipinski definition) is 1. The maximum absolute atomic E-state index is 11.5. The molecular formula is C6H14FNOS. The van der Waals surface area contributed by atoms with Gasteiger partial charge in [0.15, 0.2) is 0 Å². The van der Waals surface area contributed by atoms with Gasteiger partial charge in [-0.2, -0.15) is 0 Å². The van der Waals surface area contributed by atoms with Crippen molar-refractivity contribution in [3.63, 3.8) is 0 Å². The first-order chi connectivity index (χ1) is 4.81. The molecule has 1 unspecified atom stereocenters. The van der Waals surface area contributed by atoms with Gasteiger partial charge in [-0.25, -0.2) is 0 Å². The highest BCUT2D eigenvalue weighted by molar-refractivity contribution is 7.84. The van der Waals surface area contributed by atoms with Crippen LogP contribution in [0.15, 0.2) is 0 Å². The van der Waals surface area contributed by atoms with E-state index in [4.69, 9.17) is 5.73 Å². The molecule has 0 rings (SSSR count). The summed E-state index contributed by atoms with van der Waals surface area (Å²) in [4.78, 5) is 0. The van der Waals surface area contributed by atoms with E-state index in [2.05, 4.69) is 0 Å². The molecule has 0 fully saturated rings. The molecule has 2 N–H and O–H groups in total. The molecular weight excluding hydrogens is 153 g/mol. The van der Waals surface area contributed by atoms with Crippen LogP contribution in [0.2, 0.25) is 0 Å². The average molecular weight is 167 g/mol. The van der Waals surface area contributed by atoms with Crippen molar-refractivity contribution < 1.29 is 8.60 Å². The summed E-state index contributed by atoms with van der Waals surface area (Å²) in [5, 5.41) is 0. The van der Waals surface area contributed by atoms with E-state index in [-0.39, 0.29) is 6.67 Å². The van der Waals surface area contributed by atoms with Crippen LogP contribution in [0.4, 0.5) is 4.39 Å². The van der Waals surface area contributed by atoms with Crippen LogP contribution in [0.25, 0.3) is 0 Å². The Morgan fingerprint density at radius 2 is 1.90 bits per heavy atom. The lowest BCUT2D eigenvalue weighted by molar-refractivity contribution is 0.488. The Morgan fingerprint density at radius 1 is 1.30 bits per heavy atom. The van der Waals surface area contributed by atoms with Crippen molar-refractivity contribution in [1.29, 1.82) is 0 Å². The van der Waals surface area contributed by atoms with Gasteiger partial charge in [-0.05, 0) is 19.4 Å². The Balaban J connectivity index is 3.09. The standard InChI is InChI=1S/C6H14FNOS/c7-3-1-5-10(9)6-2-4-8/h1-6,8H2. The Kier molecular flexibility index (Phi) is 7.18. The number of alkyl halides is 1. The fraction of sp³-hybridized carbons (Fsp3) is 1.00. The fourth-order valence-corrected chi connectivity index (χ4v) is 1.69. The second-order valence-corrected chi connectivity index (χ2v) is 3.73. The molecule has 2 nitrogen and oxygen atoms in total. The molecule has 4 heteroatoms. The van der Waals surface area contributed by atoms with Gasteiger partial charge in [-0.1, -0.05) is 0 Å². The molecule has 10 heavy (non-hydrogen) atoms. The number of nitrogens with two attached hydrogens (primary N) is 1. The number of rotatable bonds is 6. The van der Waals surface area contributed by atoms with Crippen molar-refractivity contribution in [3.8, 4) is 0 Å². The van der Waals surface area contributed by atoms with Crippen molar-refractivity contribution >= 4 is 10.8 Å². The van der Waals surface area contributed by atoms with E-state index in [0.29, 0.717) is 24.5 Å². The lowest BCUT2D eigenvalue weighted by atomic mass is 10.5. The molecule has 62 valence electrons. The van der Waals surface area contributed by atoms with Crippen LogP contribution >= 0.6 is 0 Å². The second kappa shape index (κ2) is 7.15. The van der Waals surface area contributed by atoms with Crippen LogP contribution in [0.3, 0.4) is 0 Å². The smallest absolute Gasteiger partial charge is 0.0903 e. The first kappa shape index (κ1) is 10.0. The second-order valence-electron chi connectivity index (χ2n) is 2.03. The normalized spacial score (nSPS) is 13.4. The van der Waals surface area contributed by atoms with Crippen molar-refractivity contribution in [2.45, 2.75) is 12.8 Å². The van der Waals surface area contributed by atoms with Gasteiger partial charge in [0.05, 0.1) is 6.67 Å². The molecule has 0 radical (unpaired) electrons. The zero-order chi connectivity index (χ0) is 7.82. The summed E-state index contributed by atoms with van der Waals surface area (Å²) < 4.78 is 22.4. The minimum Gasteiger partial charge on any atom is -0.330 e. The Bertz CT molecular complexity index is 89.7. The first-order valence-corrected chi connectivity index (χ1v) is 4.91. The Morgan fingerprint density at radius 3 is 2.40 bits per heavy atom. The lowest BCUT2D eigenvalue weighted by Gasteiger charge is -1.97. The highest BCUT2D eigenvalue weighted by atomic mass is 32.2. The van der Waals surface area contributed by atoms with E-state index in [1.54, 1.807) is 0 Å². The monoisotopic (exact) mass is 167 g/mol. The van der Waals surface area contributed by atoms with E-state index in [1.165, 1.54) is 0 Å². The molecule has 0 aromatic rings. The molecule has 0 heterocycles. The third-order valence-corrected chi connectivity index (χ3v) is 2.57. The summed E-state index contributed by atoms with van der Waals surface area (Å²) in [7, 11) is -0.840.